The van der Waals surface area contributed by atoms with Crippen molar-refractivity contribution in [1.82, 2.24) is 0 Å². The predicted octanol–water partition coefficient (Wildman–Crippen LogP) is 7.31. The van der Waals surface area contributed by atoms with Gasteiger partial charge in [-0.2, -0.15) is 0 Å². The Kier molecular flexibility index (Phi) is 6.31. The van der Waals surface area contributed by atoms with Gasteiger partial charge in [-0.15, -0.1) is 0 Å². The molecule has 0 saturated heterocycles. The third-order valence-corrected chi connectivity index (χ3v) is 5.97. The maximum Gasteiger partial charge on any atom is 0.185 e. The van der Waals surface area contributed by atoms with Crippen LogP contribution in [-0.2, 0) is 4.79 Å². The molecule has 0 N–H and O–H groups in total. The number of hydrogen-bond acceptors (Lipinski definition) is 1. The Labute approximate surface area is 172 Å². The minimum absolute atomic E-state index is 0.188. The van der Waals surface area contributed by atoms with E-state index in [2.05, 4.69) is 57.9 Å². The van der Waals surface area contributed by atoms with Crippen LogP contribution >= 0.6 is 31.9 Å². The van der Waals surface area contributed by atoms with Crippen molar-refractivity contribution < 1.29 is 4.79 Å². The lowest BCUT2D eigenvalue weighted by atomic mass is 9.75. The normalized spacial score (nSPS) is 21.0. The summed E-state index contributed by atoms with van der Waals surface area (Å²) < 4.78 is 2.09. The van der Waals surface area contributed by atoms with Crippen molar-refractivity contribution in [3.63, 3.8) is 0 Å². The maximum absolute atomic E-state index is 13.1. The topological polar surface area (TPSA) is 17.1 Å². The lowest BCUT2D eigenvalue weighted by Gasteiger charge is -2.28. The van der Waals surface area contributed by atoms with Crippen molar-refractivity contribution in [2.24, 2.45) is 11.8 Å². The number of benzene rings is 2. The highest BCUT2D eigenvalue weighted by Gasteiger charge is 2.29. The molecule has 3 heteroatoms. The zero-order valence-electron chi connectivity index (χ0n) is 15.0. The summed E-state index contributed by atoms with van der Waals surface area (Å²) in [7, 11) is 0. The highest BCUT2D eigenvalue weighted by atomic mass is 79.9. The molecule has 0 aliphatic heterocycles. The number of rotatable bonds is 3. The smallest absolute Gasteiger partial charge is 0.185 e. The number of carbonyl (C=O) groups is 1. The van der Waals surface area contributed by atoms with E-state index in [-0.39, 0.29) is 5.78 Å². The molecule has 0 radical (unpaired) electrons. The third-order valence-electron chi connectivity index (χ3n) is 4.91. The largest absolute Gasteiger partial charge is 0.289 e. The minimum Gasteiger partial charge on any atom is -0.289 e. The Morgan fingerprint density at radius 3 is 1.54 bits per heavy atom. The van der Waals surface area contributed by atoms with Gasteiger partial charge in [0.15, 0.2) is 5.78 Å². The summed E-state index contributed by atoms with van der Waals surface area (Å²) in [5.74, 6) is 1.23. The van der Waals surface area contributed by atoms with Gasteiger partial charge in [-0.05, 0) is 72.2 Å². The number of ketones is 1. The average molecular weight is 474 g/mol. The van der Waals surface area contributed by atoms with Crippen LogP contribution in [-0.4, -0.2) is 5.78 Å². The van der Waals surface area contributed by atoms with Crippen molar-refractivity contribution in [3.05, 3.63) is 79.7 Å². The molecule has 1 saturated carbocycles. The van der Waals surface area contributed by atoms with E-state index < -0.39 is 0 Å². The average Bonchev–Trinajstić information content (AvgIpc) is 2.62. The van der Waals surface area contributed by atoms with Gasteiger partial charge in [0.2, 0.25) is 0 Å². The first kappa shape index (κ1) is 19.3. The quantitative estimate of drug-likeness (QED) is 0.427. The van der Waals surface area contributed by atoms with Gasteiger partial charge in [-0.25, -0.2) is 0 Å². The summed E-state index contributed by atoms with van der Waals surface area (Å²) in [6.07, 6.45) is 5.81. The second-order valence-corrected chi connectivity index (χ2v) is 9.02. The first-order valence-electron chi connectivity index (χ1n) is 8.89. The van der Waals surface area contributed by atoms with Crippen LogP contribution in [0.5, 0.6) is 0 Å². The second-order valence-electron chi connectivity index (χ2n) is 7.18. The lowest BCUT2D eigenvalue weighted by Crippen LogP contribution is -2.23. The molecule has 134 valence electrons. The summed E-state index contributed by atoms with van der Waals surface area (Å²) in [5, 5.41) is 0. The SMILES string of the molecule is CC(C)C1C/C(=C\c2ccc(Br)cc2)C(=O)/C(=C/c2ccc(Br)cc2)C1. The molecule has 1 aliphatic carbocycles. The molecule has 0 amide bonds. The standard InChI is InChI=1S/C23H22Br2O/c1-15(2)18-13-19(11-16-3-7-21(24)8-4-16)23(26)20(14-18)12-17-5-9-22(25)10-6-17/h3-12,15,18H,13-14H2,1-2H3/b19-11+,20-12+. The van der Waals surface area contributed by atoms with Crippen LogP contribution in [0.4, 0.5) is 0 Å². The van der Waals surface area contributed by atoms with Crippen molar-refractivity contribution >= 4 is 49.8 Å². The van der Waals surface area contributed by atoms with Crippen LogP contribution < -0.4 is 0 Å². The summed E-state index contributed by atoms with van der Waals surface area (Å²) in [6.45, 7) is 4.49. The van der Waals surface area contributed by atoms with Crippen LogP contribution in [0.1, 0.15) is 37.8 Å². The van der Waals surface area contributed by atoms with E-state index in [1.165, 1.54) is 0 Å². The molecule has 1 fully saturated rings. The molecule has 1 nitrogen and oxygen atoms in total. The predicted molar refractivity (Wildman–Crippen MR) is 117 cm³/mol. The molecular formula is C23H22Br2O. The molecule has 0 atom stereocenters. The fourth-order valence-corrected chi connectivity index (χ4v) is 3.80. The Morgan fingerprint density at radius 1 is 0.808 bits per heavy atom. The van der Waals surface area contributed by atoms with Gasteiger partial charge in [0, 0.05) is 20.1 Å². The molecule has 26 heavy (non-hydrogen) atoms. The highest BCUT2D eigenvalue weighted by Crippen LogP contribution is 2.36. The molecule has 0 unspecified atom stereocenters. The van der Waals surface area contributed by atoms with Crippen LogP contribution in [0.25, 0.3) is 12.2 Å². The van der Waals surface area contributed by atoms with Gasteiger partial charge in [0.05, 0.1) is 0 Å². The van der Waals surface area contributed by atoms with Gasteiger partial charge in [-0.1, -0.05) is 70.0 Å². The second kappa shape index (κ2) is 8.49. The van der Waals surface area contributed by atoms with Gasteiger partial charge in [-0.3, -0.25) is 4.79 Å². The van der Waals surface area contributed by atoms with Crippen molar-refractivity contribution in [1.29, 1.82) is 0 Å². The Balaban J connectivity index is 1.95. The highest BCUT2D eigenvalue weighted by molar-refractivity contribution is 9.10. The van der Waals surface area contributed by atoms with Crippen LogP contribution in [0.3, 0.4) is 0 Å². The molecule has 0 aromatic heterocycles. The summed E-state index contributed by atoms with van der Waals surface area (Å²) >= 11 is 6.93. The first-order chi connectivity index (χ1) is 12.4. The fraction of sp³-hybridized carbons (Fsp3) is 0.261. The molecule has 0 heterocycles. The van der Waals surface area contributed by atoms with Gasteiger partial charge >= 0.3 is 0 Å². The third kappa shape index (κ3) is 4.83. The fourth-order valence-electron chi connectivity index (χ4n) is 3.27. The van der Waals surface area contributed by atoms with E-state index in [1.807, 2.05) is 48.5 Å². The molecule has 0 bridgehead atoms. The zero-order chi connectivity index (χ0) is 18.7. The van der Waals surface area contributed by atoms with Gasteiger partial charge in [0.25, 0.3) is 0 Å². The molecule has 0 spiro atoms. The van der Waals surface area contributed by atoms with E-state index in [9.17, 15) is 4.79 Å². The molecular weight excluding hydrogens is 452 g/mol. The summed E-state index contributed by atoms with van der Waals surface area (Å²) in [5.41, 5.74) is 3.98. The number of halogens is 2. The number of allylic oxidation sites excluding steroid dienone is 2. The van der Waals surface area contributed by atoms with E-state index in [1.54, 1.807) is 0 Å². The van der Waals surface area contributed by atoms with Crippen molar-refractivity contribution in [2.75, 3.05) is 0 Å². The number of hydrogen-bond donors (Lipinski definition) is 0. The van der Waals surface area contributed by atoms with E-state index in [0.29, 0.717) is 11.8 Å². The molecule has 2 aromatic rings. The molecule has 2 aromatic carbocycles. The Morgan fingerprint density at radius 2 is 1.19 bits per heavy atom. The lowest BCUT2D eigenvalue weighted by molar-refractivity contribution is -0.113. The minimum atomic E-state index is 0.188. The number of Topliss-reactive ketones (excluding diaryl/α,β-unsaturated/α-hetero) is 1. The van der Waals surface area contributed by atoms with Crippen molar-refractivity contribution in [2.45, 2.75) is 26.7 Å². The maximum atomic E-state index is 13.1. The Hall–Kier alpha value is -1.45. The van der Waals surface area contributed by atoms with E-state index >= 15 is 0 Å². The number of carbonyl (C=O) groups excluding carboxylic acids is 1. The van der Waals surface area contributed by atoms with Gasteiger partial charge in [0.1, 0.15) is 0 Å². The van der Waals surface area contributed by atoms with Crippen LogP contribution in [0.2, 0.25) is 0 Å². The Bertz CT molecular complexity index is 775. The van der Waals surface area contributed by atoms with E-state index in [4.69, 9.17) is 0 Å². The monoisotopic (exact) mass is 472 g/mol. The molecule has 1 aliphatic rings. The van der Waals surface area contributed by atoms with Crippen LogP contribution in [0, 0.1) is 11.8 Å². The zero-order valence-corrected chi connectivity index (χ0v) is 18.2. The van der Waals surface area contributed by atoms with Crippen molar-refractivity contribution in [3.8, 4) is 0 Å². The van der Waals surface area contributed by atoms with Crippen LogP contribution in [0.15, 0.2) is 68.6 Å². The van der Waals surface area contributed by atoms with E-state index in [0.717, 1.165) is 44.1 Å². The summed E-state index contributed by atoms with van der Waals surface area (Å²) in [6, 6.07) is 16.2. The van der Waals surface area contributed by atoms with Gasteiger partial charge < -0.3 is 0 Å². The molecule has 3 rings (SSSR count). The first-order valence-corrected chi connectivity index (χ1v) is 10.5. The summed E-state index contributed by atoms with van der Waals surface area (Å²) in [4.78, 5) is 13.1.